The lowest BCUT2D eigenvalue weighted by Crippen LogP contribution is -2.19. The van der Waals surface area contributed by atoms with Crippen LogP contribution < -0.4 is 0 Å². The minimum Gasteiger partial charge on any atom is -0.498 e. The summed E-state index contributed by atoms with van der Waals surface area (Å²) in [6.45, 7) is 4.93. The molecule has 0 aliphatic heterocycles. The van der Waals surface area contributed by atoms with Crippen molar-refractivity contribution in [1.82, 2.24) is 0 Å². The van der Waals surface area contributed by atoms with Gasteiger partial charge in [-0.15, -0.1) is 0 Å². The van der Waals surface area contributed by atoms with Gasteiger partial charge < -0.3 is 4.74 Å². The fourth-order valence-corrected chi connectivity index (χ4v) is 3.00. The number of allylic oxidation sites excluding steroid dienone is 2. The third kappa shape index (κ3) is 4.99. The number of rotatable bonds is 6. The number of hydrogen-bond donors (Lipinski definition) is 0. The molecule has 0 bridgehead atoms. The van der Waals surface area contributed by atoms with Crippen LogP contribution in [0.5, 0.6) is 0 Å². The molecule has 0 spiro atoms. The fourth-order valence-electron chi connectivity index (χ4n) is 2.51. The van der Waals surface area contributed by atoms with E-state index in [9.17, 15) is 4.79 Å². The highest BCUT2D eigenvalue weighted by atomic mass is 79.9. The van der Waals surface area contributed by atoms with Crippen LogP contribution in [0, 0.1) is 11.8 Å². The second-order valence-corrected chi connectivity index (χ2v) is 6.94. The van der Waals surface area contributed by atoms with Gasteiger partial charge in [0.25, 0.3) is 0 Å². The van der Waals surface area contributed by atoms with E-state index in [-0.39, 0.29) is 11.7 Å². The molecule has 1 unspecified atom stereocenters. The predicted molar refractivity (Wildman–Crippen MR) is 89.1 cm³/mol. The fraction of sp³-hybridized carbons (Fsp3) is 0.500. The summed E-state index contributed by atoms with van der Waals surface area (Å²) in [4.78, 5) is 12.2. The normalized spacial score (nSPS) is 18.8. The number of carbonyl (C=O) groups excluding carboxylic acids is 1. The Hall–Kier alpha value is -1.09. The lowest BCUT2D eigenvalue weighted by molar-refractivity contribution is -0.119. The number of aryl methyl sites for hydroxylation is 1. The first kappa shape index (κ1) is 16.3. The number of benzene rings is 1. The van der Waals surface area contributed by atoms with E-state index in [0.29, 0.717) is 12.5 Å². The Balaban J connectivity index is 1.86. The SMILES string of the molecule is CC(C)COC1=CC(=O)C(CCc2ccccc2Br)CC1. The van der Waals surface area contributed by atoms with Crippen LogP contribution in [0.15, 0.2) is 40.6 Å². The quantitative estimate of drug-likeness (QED) is 0.727. The monoisotopic (exact) mass is 350 g/mol. The van der Waals surface area contributed by atoms with Crippen molar-refractivity contribution < 1.29 is 9.53 Å². The molecule has 114 valence electrons. The summed E-state index contributed by atoms with van der Waals surface area (Å²) < 4.78 is 6.81. The van der Waals surface area contributed by atoms with Crippen molar-refractivity contribution in [2.75, 3.05) is 6.61 Å². The Bertz CT molecular complexity index is 520. The molecule has 1 aliphatic carbocycles. The number of hydrogen-bond acceptors (Lipinski definition) is 2. The molecular weight excluding hydrogens is 328 g/mol. The highest BCUT2D eigenvalue weighted by Gasteiger charge is 2.23. The third-order valence-electron chi connectivity index (χ3n) is 3.77. The molecule has 1 aromatic rings. The molecule has 0 amide bonds. The summed E-state index contributed by atoms with van der Waals surface area (Å²) in [6.07, 6.45) is 5.37. The van der Waals surface area contributed by atoms with Crippen LogP contribution in [0.2, 0.25) is 0 Å². The second-order valence-electron chi connectivity index (χ2n) is 6.08. The molecule has 0 radical (unpaired) electrons. The molecule has 0 N–H and O–H groups in total. The van der Waals surface area contributed by atoms with Gasteiger partial charge in [-0.2, -0.15) is 0 Å². The van der Waals surface area contributed by atoms with E-state index >= 15 is 0 Å². The lowest BCUT2D eigenvalue weighted by Gasteiger charge is -2.22. The Morgan fingerprint density at radius 3 is 2.76 bits per heavy atom. The van der Waals surface area contributed by atoms with E-state index in [1.54, 1.807) is 6.08 Å². The van der Waals surface area contributed by atoms with Crippen molar-refractivity contribution in [3.63, 3.8) is 0 Å². The Morgan fingerprint density at radius 2 is 2.10 bits per heavy atom. The summed E-state index contributed by atoms with van der Waals surface area (Å²) in [5, 5.41) is 0. The van der Waals surface area contributed by atoms with E-state index in [2.05, 4.69) is 41.9 Å². The van der Waals surface area contributed by atoms with E-state index in [1.807, 2.05) is 12.1 Å². The highest BCUT2D eigenvalue weighted by molar-refractivity contribution is 9.10. The zero-order valence-corrected chi connectivity index (χ0v) is 14.4. The summed E-state index contributed by atoms with van der Waals surface area (Å²) in [7, 11) is 0. The molecule has 0 heterocycles. The topological polar surface area (TPSA) is 26.3 Å². The van der Waals surface area contributed by atoms with Gasteiger partial charge in [-0.3, -0.25) is 4.79 Å². The van der Waals surface area contributed by atoms with E-state index < -0.39 is 0 Å². The van der Waals surface area contributed by atoms with Gasteiger partial charge in [0.1, 0.15) is 0 Å². The number of ether oxygens (including phenoxy) is 1. The van der Waals surface area contributed by atoms with Crippen LogP contribution >= 0.6 is 15.9 Å². The molecule has 0 aromatic heterocycles. The van der Waals surface area contributed by atoms with Gasteiger partial charge in [-0.25, -0.2) is 0 Å². The number of halogens is 1. The molecule has 3 heteroatoms. The summed E-state index contributed by atoms with van der Waals surface area (Å²) in [6, 6.07) is 8.22. The van der Waals surface area contributed by atoms with Crippen LogP contribution in [-0.2, 0) is 16.0 Å². The van der Waals surface area contributed by atoms with E-state index in [1.165, 1.54) is 5.56 Å². The smallest absolute Gasteiger partial charge is 0.162 e. The largest absolute Gasteiger partial charge is 0.498 e. The average molecular weight is 351 g/mol. The van der Waals surface area contributed by atoms with Gasteiger partial charge >= 0.3 is 0 Å². The Morgan fingerprint density at radius 1 is 1.33 bits per heavy atom. The van der Waals surface area contributed by atoms with Crippen LogP contribution in [0.1, 0.15) is 38.7 Å². The maximum absolute atomic E-state index is 12.2. The average Bonchev–Trinajstić information content (AvgIpc) is 2.45. The van der Waals surface area contributed by atoms with Gasteiger partial charge in [0, 0.05) is 22.9 Å². The van der Waals surface area contributed by atoms with Gasteiger partial charge in [0.2, 0.25) is 0 Å². The van der Waals surface area contributed by atoms with Crippen LogP contribution in [0.25, 0.3) is 0 Å². The first-order valence-electron chi connectivity index (χ1n) is 7.67. The molecule has 21 heavy (non-hydrogen) atoms. The molecule has 0 fully saturated rings. The van der Waals surface area contributed by atoms with Crippen molar-refractivity contribution >= 4 is 21.7 Å². The molecular formula is C18H23BrO2. The van der Waals surface area contributed by atoms with Gasteiger partial charge in [-0.1, -0.05) is 48.0 Å². The second kappa shape index (κ2) is 7.79. The standard InChI is InChI=1S/C18H23BrO2/c1-13(2)12-21-16-10-9-15(18(20)11-16)8-7-14-5-3-4-6-17(14)19/h3-6,11,13,15H,7-10,12H2,1-2H3. The van der Waals surface area contributed by atoms with Crippen molar-refractivity contribution in [3.05, 3.63) is 46.1 Å². The Labute approximate surface area is 135 Å². The van der Waals surface area contributed by atoms with E-state index in [0.717, 1.165) is 35.9 Å². The van der Waals surface area contributed by atoms with Gasteiger partial charge in [0.05, 0.1) is 12.4 Å². The lowest BCUT2D eigenvalue weighted by atomic mass is 9.87. The molecule has 2 nitrogen and oxygen atoms in total. The minimum atomic E-state index is 0.142. The minimum absolute atomic E-state index is 0.142. The van der Waals surface area contributed by atoms with Crippen molar-refractivity contribution in [3.8, 4) is 0 Å². The number of ketones is 1. The van der Waals surface area contributed by atoms with Crippen LogP contribution in [0.4, 0.5) is 0 Å². The first-order chi connectivity index (χ1) is 10.1. The molecule has 1 aromatic carbocycles. The zero-order valence-electron chi connectivity index (χ0n) is 12.8. The predicted octanol–water partition coefficient (Wildman–Crippen LogP) is 4.92. The maximum Gasteiger partial charge on any atom is 0.162 e. The molecule has 0 saturated heterocycles. The number of carbonyl (C=O) groups is 1. The van der Waals surface area contributed by atoms with Gasteiger partial charge in [0.15, 0.2) is 5.78 Å². The van der Waals surface area contributed by atoms with Crippen molar-refractivity contribution in [2.24, 2.45) is 11.8 Å². The van der Waals surface area contributed by atoms with Crippen LogP contribution in [0.3, 0.4) is 0 Å². The molecule has 2 rings (SSSR count). The zero-order chi connectivity index (χ0) is 15.2. The first-order valence-corrected chi connectivity index (χ1v) is 8.46. The maximum atomic E-state index is 12.2. The molecule has 0 saturated carbocycles. The molecule has 1 atom stereocenters. The van der Waals surface area contributed by atoms with Crippen LogP contribution in [-0.4, -0.2) is 12.4 Å². The third-order valence-corrected chi connectivity index (χ3v) is 4.54. The summed E-state index contributed by atoms with van der Waals surface area (Å²) in [5.74, 6) is 1.73. The van der Waals surface area contributed by atoms with Crippen molar-refractivity contribution in [1.29, 1.82) is 0 Å². The summed E-state index contributed by atoms with van der Waals surface area (Å²) >= 11 is 3.56. The summed E-state index contributed by atoms with van der Waals surface area (Å²) in [5.41, 5.74) is 1.27. The Kier molecular flexibility index (Phi) is 6.04. The molecule has 1 aliphatic rings. The highest BCUT2D eigenvalue weighted by Crippen LogP contribution is 2.27. The van der Waals surface area contributed by atoms with Gasteiger partial charge in [-0.05, 0) is 36.8 Å². The van der Waals surface area contributed by atoms with E-state index in [4.69, 9.17) is 4.74 Å². The van der Waals surface area contributed by atoms with Crippen molar-refractivity contribution in [2.45, 2.75) is 39.5 Å².